The fourth-order valence-corrected chi connectivity index (χ4v) is 3.61. The predicted molar refractivity (Wildman–Crippen MR) is 104 cm³/mol. The van der Waals surface area contributed by atoms with E-state index in [1.807, 2.05) is 0 Å². The molecule has 28 heavy (non-hydrogen) atoms. The number of carbonyl (C=O) groups excluding carboxylic acids is 1. The second-order valence-corrected chi connectivity index (χ2v) is 7.12. The van der Waals surface area contributed by atoms with Gasteiger partial charge in [-0.05, 0) is 43.6 Å². The summed E-state index contributed by atoms with van der Waals surface area (Å²) in [7, 11) is 1.56. The number of likely N-dealkylation sites (tertiary alicyclic amines) is 1. The van der Waals surface area contributed by atoms with Crippen LogP contribution in [-0.4, -0.2) is 36.1 Å². The predicted octanol–water partition coefficient (Wildman–Crippen LogP) is 2.35. The number of benzene rings is 1. The third-order valence-corrected chi connectivity index (χ3v) is 5.07. The van der Waals surface area contributed by atoms with Crippen LogP contribution in [0, 0.1) is 0 Å². The van der Waals surface area contributed by atoms with E-state index >= 15 is 0 Å². The van der Waals surface area contributed by atoms with Gasteiger partial charge in [0.2, 0.25) is 17.1 Å². The molecule has 1 fully saturated rings. The van der Waals surface area contributed by atoms with Crippen LogP contribution < -0.4 is 15.9 Å². The van der Waals surface area contributed by atoms with E-state index in [2.05, 4.69) is 4.90 Å². The van der Waals surface area contributed by atoms with Gasteiger partial charge in [-0.3, -0.25) is 14.5 Å². The van der Waals surface area contributed by atoms with Gasteiger partial charge in [-0.15, -0.1) is 0 Å². The molecule has 7 heteroatoms. The Labute approximate surface area is 163 Å². The molecule has 0 saturated carbocycles. The highest BCUT2D eigenvalue weighted by Gasteiger charge is 2.26. The van der Waals surface area contributed by atoms with Crippen molar-refractivity contribution in [1.29, 1.82) is 0 Å². The van der Waals surface area contributed by atoms with Crippen LogP contribution in [0.2, 0.25) is 0 Å². The van der Waals surface area contributed by atoms with Crippen molar-refractivity contribution in [2.45, 2.75) is 38.1 Å². The summed E-state index contributed by atoms with van der Waals surface area (Å²) in [6.45, 7) is 2.39. The van der Waals surface area contributed by atoms with Crippen molar-refractivity contribution in [3.8, 4) is 11.5 Å². The summed E-state index contributed by atoms with van der Waals surface area (Å²) < 4.78 is 11.1. The zero-order valence-electron chi connectivity index (χ0n) is 16.0. The first-order valence-electron chi connectivity index (χ1n) is 9.48. The second-order valence-electron chi connectivity index (χ2n) is 7.12. The van der Waals surface area contributed by atoms with Gasteiger partial charge >= 0.3 is 0 Å². The Morgan fingerprint density at radius 1 is 1.25 bits per heavy atom. The minimum atomic E-state index is -0.655. The van der Waals surface area contributed by atoms with Crippen LogP contribution in [0.3, 0.4) is 0 Å². The molecular formula is C21H26N2O5. The van der Waals surface area contributed by atoms with Gasteiger partial charge in [0.15, 0.2) is 5.76 Å². The monoisotopic (exact) mass is 386 g/mol. The molecule has 1 saturated heterocycles. The van der Waals surface area contributed by atoms with Gasteiger partial charge in [0, 0.05) is 12.5 Å². The first kappa shape index (κ1) is 19.9. The number of methoxy groups -OCH3 is 1. The Balaban J connectivity index is 1.97. The van der Waals surface area contributed by atoms with E-state index in [0.29, 0.717) is 23.6 Å². The Bertz CT molecular complexity index is 869. The van der Waals surface area contributed by atoms with Crippen molar-refractivity contribution in [2.75, 3.05) is 20.2 Å². The Morgan fingerprint density at radius 3 is 2.54 bits per heavy atom. The number of ether oxygens (including phenoxy) is 1. The zero-order valence-corrected chi connectivity index (χ0v) is 16.0. The number of nitrogens with two attached hydrogens (primary N) is 1. The van der Waals surface area contributed by atoms with Gasteiger partial charge in [0.1, 0.15) is 11.5 Å². The van der Waals surface area contributed by atoms with Gasteiger partial charge in [-0.2, -0.15) is 0 Å². The lowest BCUT2D eigenvalue weighted by Crippen LogP contribution is -2.29. The molecule has 0 bridgehead atoms. The van der Waals surface area contributed by atoms with E-state index in [0.717, 1.165) is 25.9 Å². The summed E-state index contributed by atoms with van der Waals surface area (Å²) in [5, 5.41) is 10.4. The fourth-order valence-electron chi connectivity index (χ4n) is 3.61. The molecule has 1 aromatic heterocycles. The molecule has 0 aliphatic carbocycles. The van der Waals surface area contributed by atoms with Crippen LogP contribution in [-0.2, 0) is 11.3 Å². The third kappa shape index (κ3) is 4.72. The SMILES string of the molecule is COc1ccc([C@H](CC(N)=O)c2oc(CN3CCCCC3)cc(=O)c2O)cc1. The van der Waals surface area contributed by atoms with Gasteiger partial charge in [0.25, 0.3) is 0 Å². The minimum absolute atomic E-state index is 0.0727. The molecule has 2 aromatic rings. The van der Waals surface area contributed by atoms with Crippen molar-refractivity contribution < 1.29 is 19.1 Å². The summed E-state index contributed by atoms with van der Waals surface area (Å²) in [4.78, 5) is 26.2. The molecule has 3 N–H and O–H groups in total. The molecule has 1 aliphatic rings. The van der Waals surface area contributed by atoms with Crippen LogP contribution in [0.1, 0.15) is 48.7 Å². The largest absolute Gasteiger partial charge is 0.502 e. The van der Waals surface area contributed by atoms with E-state index < -0.39 is 23.0 Å². The van der Waals surface area contributed by atoms with Gasteiger partial charge < -0.3 is 20.0 Å². The molecule has 0 spiro atoms. The fraction of sp³-hybridized carbons (Fsp3) is 0.429. The number of primary amides is 1. The van der Waals surface area contributed by atoms with E-state index in [1.165, 1.54) is 12.5 Å². The lowest BCUT2D eigenvalue weighted by atomic mass is 9.92. The summed E-state index contributed by atoms with van der Waals surface area (Å²) in [6.07, 6.45) is 3.35. The Kier molecular flexibility index (Phi) is 6.36. The van der Waals surface area contributed by atoms with Crippen LogP contribution in [0.4, 0.5) is 0 Å². The van der Waals surface area contributed by atoms with E-state index in [-0.39, 0.29) is 12.2 Å². The topological polar surface area (TPSA) is 106 Å². The average molecular weight is 386 g/mol. The zero-order chi connectivity index (χ0) is 20.1. The van der Waals surface area contributed by atoms with Crippen molar-refractivity contribution >= 4 is 5.91 Å². The first-order chi connectivity index (χ1) is 13.5. The van der Waals surface area contributed by atoms with E-state index in [4.69, 9.17) is 14.9 Å². The number of rotatable bonds is 7. The number of hydrogen-bond donors (Lipinski definition) is 2. The molecule has 150 valence electrons. The highest BCUT2D eigenvalue weighted by molar-refractivity contribution is 5.75. The summed E-state index contributed by atoms with van der Waals surface area (Å²) >= 11 is 0. The Hall–Kier alpha value is -2.80. The number of amides is 1. The van der Waals surface area contributed by atoms with Crippen molar-refractivity contribution in [3.63, 3.8) is 0 Å². The highest BCUT2D eigenvalue weighted by Crippen LogP contribution is 2.34. The summed E-state index contributed by atoms with van der Waals surface area (Å²) in [5.41, 5.74) is 5.61. The highest BCUT2D eigenvalue weighted by atomic mass is 16.5. The van der Waals surface area contributed by atoms with Crippen LogP contribution in [0.25, 0.3) is 0 Å². The number of carbonyl (C=O) groups is 1. The summed E-state index contributed by atoms with van der Waals surface area (Å²) in [6, 6.07) is 8.35. The van der Waals surface area contributed by atoms with Crippen molar-refractivity contribution in [2.24, 2.45) is 5.73 Å². The Morgan fingerprint density at radius 2 is 1.93 bits per heavy atom. The molecule has 2 heterocycles. The number of aromatic hydroxyl groups is 1. The molecule has 1 atom stereocenters. The first-order valence-corrected chi connectivity index (χ1v) is 9.48. The van der Waals surface area contributed by atoms with Crippen LogP contribution >= 0.6 is 0 Å². The molecule has 1 aromatic carbocycles. The van der Waals surface area contributed by atoms with Gasteiger partial charge in [0.05, 0.1) is 19.6 Å². The normalized spacial score (nSPS) is 15.9. The quantitative estimate of drug-likeness (QED) is 0.757. The molecular weight excluding hydrogens is 360 g/mol. The minimum Gasteiger partial charge on any atom is -0.502 e. The van der Waals surface area contributed by atoms with Crippen molar-refractivity contribution in [3.05, 3.63) is 57.6 Å². The standard InChI is InChI=1S/C21H26N2O5/c1-27-15-7-5-14(6-8-15)17(12-19(22)25)21-20(26)18(24)11-16(28-21)13-23-9-3-2-4-10-23/h5-8,11,17,26H,2-4,9-10,12-13H2,1H3,(H2,22,25)/t17-/m0/s1. The van der Waals surface area contributed by atoms with Crippen LogP contribution in [0.15, 0.2) is 39.5 Å². The third-order valence-electron chi connectivity index (χ3n) is 5.07. The van der Waals surface area contributed by atoms with Gasteiger partial charge in [-0.25, -0.2) is 0 Å². The molecule has 0 unspecified atom stereocenters. The average Bonchev–Trinajstić information content (AvgIpc) is 2.70. The smallest absolute Gasteiger partial charge is 0.227 e. The molecule has 0 radical (unpaired) electrons. The number of piperidine rings is 1. The second kappa shape index (κ2) is 8.93. The lowest BCUT2D eigenvalue weighted by molar-refractivity contribution is -0.118. The van der Waals surface area contributed by atoms with Gasteiger partial charge in [-0.1, -0.05) is 18.6 Å². The summed E-state index contributed by atoms with van der Waals surface area (Å²) in [5.74, 6) is -0.483. The molecule has 3 rings (SSSR count). The van der Waals surface area contributed by atoms with E-state index in [1.54, 1.807) is 31.4 Å². The van der Waals surface area contributed by atoms with Crippen LogP contribution in [0.5, 0.6) is 11.5 Å². The maximum atomic E-state index is 12.4. The number of hydrogen-bond acceptors (Lipinski definition) is 6. The number of nitrogens with zero attached hydrogens (tertiary/aromatic N) is 1. The molecule has 1 amide bonds. The molecule has 7 nitrogen and oxygen atoms in total. The molecule has 1 aliphatic heterocycles. The van der Waals surface area contributed by atoms with Crippen molar-refractivity contribution in [1.82, 2.24) is 4.90 Å². The maximum absolute atomic E-state index is 12.4. The van der Waals surface area contributed by atoms with E-state index in [9.17, 15) is 14.7 Å². The lowest BCUT2D eigenvalue weighted by Gasteiger charge is -2.26. The maximum Gasteiger partial charge on any atom is 0.227 e.